The molecule has 1 saturated heterocycles. The highest BCUT2D eigenvalue weighted by Gasteiger charge is 2.27. The zero-order valence-electron chi connectivity index (χ0n) is 15.3. The molecule has 0 radical (unpaired) electrons. The highest BCUT2D eigenvalue weighted by atomic mass is 16.5. The van der Waals surface area contributed by atoms with Crippen molar-refractivity contribution in [1.82, 2.24) is 20.0 Å². The Hall–Kier alpha value is -3.16. The van der Waals surface area contributed by atoms with E-state index in [2.05, 4.69) is 10.4 Å². The minimum Gasteiger partial charge on any atom is -0.494 e. The summed E-state index contributed by atoms with van der Waals surface area (Å²) in [6.07, 6.45) is 0. The second-order valence-corrected chi connectivity index (χ2v) is 6.24. The second-order valence-electron chi connectivity index (χ2n) is 6.24. The second kappa shape index (κ2) is 8.03. The first-order chi connectivity index (χ1) is 13.0. The third-order valence-electron chi connectivity index (χ3n) is 4.36. The van der Waals surface area contributed by atoms with Gasteiger partial charge in [-0.05, 0) is 44.2 Å². The largest absolute Gasteiger partial charge is 0.494 e. The summed E-state index contributed by atoms with van der Waals surface area (Å²) >= 11 is 0. The molecule has 1 aliphatic heterocycles. The van der Waals surface area contributed by atoms with E-state index in [-0.39, 0.29) is 23.9 Å². The van der Waals surface area contributed by atoms with Crippen molar-refractivity contribution in [1.29, 1.82) is 0 Å². The molecule has 0 saturated carbocycles. The molecular formula is C19H22N4O4. The van der Waals surface area contributed by atoms with Crippen molar-refractivity contribution >= 4 is 11.8 Å². The predicted octanol–water partition coefficient (Wildman–Crippen LogP) is 0.828. The normalized spacial score (nSPS) is 15.2. The standard InChI is InChI=1S/C19H22N4O4/c1-3-27-15-6-4-14(5-7-15)16-8-9-18(25)23(21-16)13(2)19(26)22-11-10-20-17(24)12-22/h4-9,13H,3,10-12H2,1-2H3,(H,20,24). The third-order valence-corrected chi connectivity index (χ3v) is 4.36. The lowest BCUT2D eigenvalue weighted by atomic mass is 10.1. The fourth-order valence-corrected chi connectivity index (χ4v) is 2.94. The number of piperazine rings is 1. The van der Waals surface area contributed by atoms with Crippen LogP contribution in [0.15, 0.2) is 41.2 Å². The number of hydrogen-bond acceptors (Lipinski definition) is 5. The SMILES string of the molecule is CCOc1ccc(-c2ccc(=O)n(C(C)C(=O)N3CCNC(=O)C3)n2)cc1. The lowest BCUT2D eigenvalue weighted by Gasteiger charge is -2.29. The van der Waals surface area contributed by atoms with Crippen LogP contribution in [0.2, 0.25) is 0 Å². The lowest BCUT2D eigenvalue weighted by Crippen LogP contribution is -2.52. The van der Waals surface area contributed by atoms with Crippen molar-refractivity contribution in [2.75, 3.05) is 26.2 Å². The van der Waals surface area contributed by atoms with Crippen molar-refractivity contribution in [2.24, 2.45) is 0 Å². The van der Waals surface area contributed by atoms with E-state index in [1.807, 2.05) is 31.2 Å². The minimum absolute atomic E-state index is 0.00347. The van der Waals surface area contributed by atoms with Gasteiger partial charge in [0.05, 0.1) is 18.8 Å². The number of rotatable bonds is 5. The van der Waals surface area contributed by atoms with Gasteiger partial charge in [-0.25, -0.2) is 4.68 Å². The molecule has 142 valence electrons. The highest BCUT2D eigenvalue weighted by Crippen LogP contribution is 2.20. The number of carbonyl (C=O) groups excluding carboxylic acids is 2. The molecular weight excluding hydrogens is 348 g/mol. The molecule has 1 fully saturated rings. The number of nitrogens with one attached hydrogen (secondary N) is 1. The Morgan fingerprint density at radius 1 is 1.22 bits per heavy atom. The quantitative estimate of drug-likeness (QED) is 0.841. The van der Waals surface area contributed by atoms with Crippen molar-refractivity contribution in [3.8, 4) is 17.0 Å². The summed E-state index contributed by atoms with van der Waals surface area (Å²) in [7, 11) is 0. The highest BCUT2D eigenvalue weighted by molar-refractivity contribution is 5.87. The van der Waals surface area contributed by atoms with E-state index in [4.69, 9.17) is 4.74 Å². The van der Waals surface area contributed by atoms with Crippen LogP contribution < -0.4 is 15.6 Å². The van der Waals surface area contributed by atoms with Crippen LogP contribution in [0.4, 0.5) is 0 Å². The van der Waals surface area contributed by atoms with Crippen LogP contribution in [0.1, 0.15) is 19.9 Å². The van der Waals surface area contributed by atoms with Gasteiger partial charge in [-0.1, -0.05) is 0 Å². The molecule has 27 heavy (non-hydrogen) atoms. The molecule has 0 bridgehead atoms. The number of benzene rings is 1. The number of ether oxygens (including phenoxy) is 1. The Kier molecular flexibility index (Phi) is 5.54. The molecule has 1 N–H and O–H groups in total. The van der Waals surface area contributed by atoms with Crippen LogP contribution in [-0.4, -0.2) is 52.7 Å². The molecule has 1 aromatic carbocycles. The summed E-state index contributed by atoms with van der Waals surface area (Å²) in [6, 6.07) is 9.58. The maximum atomic E-state index is 12.7. The molecule has 1 aromatic heterocycles. The zero-order chi connectivity index (χ0) is 19.4. The van der Waals surface area contributed by atoms with E-state index in [0.29, 0.717) is 25.4 Å². The molecule has 1 unspecified atom stereocenters. The molecule has 3 rings (SSSR count). The third kappa shape index (κ3) is 4.16. The number of amides is 2. The maximum Gasteiger partial charge on any atom is 0.267 e. The summed E-state index contributed by atoms with van der Waals surface area (Å²) in [6.45, 7) is 4.93. The summed E-state index contributed by atoms with van der Waals surface area (Å²) in [4.78, 5) is 37.9. The number of hydrogen-bond donors (Lipinski definition) is 1. The first kappa shape index (κ1) is 18.6. The van der Waals surface area contributed by atoms with E-state index in [1.54, 1.807) is 13.0 Å². The Labute approximate surface area is 156 Å². The van der Waals surface area contributed by atoms with Gasteiger partial charge >= 0.3 is 0 Å². The molecule has 0 spiro atoms. The number of carbonyl (C=O) groups is 2. The van der Waals surface area contributed by atoms with E-state index < -0.39 is 6.04 Å². The van der Waals surface area contributed by atoms with Crippen LogP contribution in [0.3, 0.4) is 0 Å². The maximum absolute atomic E-state index is 12.7. The molecule has 1 aliphatic rings. The fourth-order valence-electron chi connectivity index (χ4n) is 2.94. The number of nitrogens with zero attached hydrogens (tertiary/aromatic N) is 3. The van der Waals surface area contributed by atoms with Gasteiger partial charge in [0.15, 0.2) is 0 Å². The van der Waals surface area contributed by atoms with Gasteiger partial charge in [0.2, 0.25) is 11.8 Å². The van der Waals surface area contributed by atoms with Crippen molar-refractivity contribution in [3.63, 3.8) is 0 Å². The molecule has 8 heteroatoms. The number of aromatic nitrogens is 2. The van der Waals surface area contributed by atoms with E-state index in [1.165, 1.54) is 15.6 Å². The van der Waals surface area contributed by atoms with Gasteiger partial charge in [0, 0.05) is 24.7 Å². The summed E-state index contributed by atoms with van der Waals surface area (Å²) < 4.78 is 6.59. The van der Waals surface area contributed by atoms with E-state index in [9.17, 15) is 14.4 Å². The predicted molar refractivity (Wildman–Crippen MR) is 99.4 cm³/mol. The average Bonchev–Trinajstić information content (AvgIpc) is 2.68. The Morgan fingerprint density at radius 3 is 2.63 bits per heavy atom. The van der Waals surface area contributed by atoms with Gasteiger partial charge in [0.25, 0.3) is 5.56 Å². The van der Waals surface area contributed by atoms with Crippen LogP contribution >= 0.6 is 0 Å². The van der Waals surface area contributed by atoms with Crippen LogP contribution in [-0.2, 0) is 9.59 Å². The molecule has 8 nitrogen and oxygen atoms in total. The van der Waals surface area contributed by atoms with Crippen LogP contribution in [0.25, 0.3) is 11.3 Å². The first-order valence-electron chi connectivity index (χ1n) is 8.88. The molecule has 0 aliphatic carbocycles. The van der Waals surface area contributed by atoms with Crippen molar-refractivity contribution in [2.45, 2.75) is 19.9 Å². The summed E-state index contributed by atoms with van der Waals surface area (Å²) in [5.41, 5.74) is 1.02. The fraction of sp³-hybridized carbons (Fsp3) is 0.368. The van der Waals surface area contributed by atoms with Gasteiger partial charge in [-0.15, -0.1) is 0 Å². The van der Waals surface area contributed by atoms with Gasteiger partial charge in [-0.2, -0.15) is 5.10 Å². The molecule has 2 amide bonds. The molecule has 2 aromatic rings. The first-order valence-corrected chi connectivity index (χ1v) is 8.88. The summed E-state index contributed by atoms with van der Waals surface area (Å²) in [5, 5.41) is 7.04. The Balaban J connectivity index is 1.85. The monoisotopic (exact) mass is 370 g/mol. The lowest BCUT2D eigenvalue weighted by molar-refractivity contribution is -0.140. The minimum atomic E-state index is -0.800. The van der Waals surface area contributed by atoms with Gasteiger partial charge in [0.1, 0.15) is 11.8 Å². The van der Waals surface area contributed by atoms with Gasteiger partial charge < -0.3 is 15.0 Å². The Bertz CT molecular complexity index is 891. The van der Waals surface area contributed by atoms with Crippen molar-refractivity contribution < 1.29 is 14.3 Å². The smallest absolute Gasteiger partial charge is 0.267 e. The van der Waals surface area contributed by atoms with Gasteiger partial charge in [-0.3, -0.25) is 14.4 Å². The van der Waals surface area contributed by atoms with E-state index >= 15 is 0 Å². The summed E-state index contributed by atoms with van der Waals surface area (Å²) in [5.74, 6) is 0.245. The topological polar surface area (TPSA) is 93.5 Å². The zero-order valence-corrected chi connectivity index (χ0v) is 15.3. The molecule has 2 heterocycles. The van der Waals surface area contributed by atoms with Crippen LogP contribution in [0.5, 0.6) is 5.75 Å². The van der Waals surface area contributed by atoms with Crippen molar-refractivity contribution in [3.05, 3.63) is 46.8 Å². The average molecular weight is 370 g/mol. The van der Waals surface area contributed by atoms with E-state index in [0.717, 1.165) is 11.3 Å². The Morgan fingerprint density at radius 2 is 1.96 bits per heavy atom. The molecule has 1 atom stereocenters. The van der Waals surface area contributed by atoms with Crippen LogP contribution in [0, 0.1) is 0 Å².